The third-order valence-corrected chi connectivity index (χ3v) is 4.24. The molecule has 26 heavy (non-hydrogen) atoms. The van der Waals surface area contributed by atoms with Crippen molar-refractivity contribution >= 4 is 36.6 Å². The molecule has 1 aromatic carbocycles. The van der Waals surface area contributed by atoms with Crippen LogP contribution in [0.4, 0.5) is 0 Å². The van der Waals surface area contributed by atoms with Crippen LogP contribution in [0.25, 0.3) is 0 Å². The lowest BCUT2D eigenvalue weighted by atomic mass is 10.2. The van der Waals surface area contributed by atoms with E-state index in [2.05, 4.69) is 27.7 Å². The molecule has 0 aliphatic carbocycles. The number of piperazine rings is 1. The SMILES string of the molecule is CNCCCC(=O)NCC(=O)N1CCN(Cc2ccccc2)CC1.Cl.Cl. The van der Waals surface area contributed by atoms with Crippen molar-refractivity contribution in [1.29, 1.82) is 0 Å². The summed E-state index contributed by atoms with van der Waals surface area (Å²) in [6, 6.07) is 10.4. The van der Waals surface area contributed by atoms with Gasteiger partial charge in [0.05, 0.1) is 6.54 Å². The van der Waals surface area contributed by atoms with Gasteiger partial charge < -0.3 is 15.5 Å². The van der Waals surface area contributed by atoms with E-state index in [1.54, 1.807) is 0 Å². The highest BCUT2D eigenvalue weighted by Gasteiger charge is 2.21. The van der Waals surface area contributed by atoms with Crippen LogP contribution in [-0.2, 0) is 16.1 Å². The van der Waals surface area contributed by atoms with Crippen LogP contribution in [0.3, 0.4) is 0 Å². The quantitative estimate of drug-likeness (QED) is 0.640. The number of hydrogen-bond donors (Lipinski definition) is 2. The van der Waals surface area contributed by atoms with E-state index in [1.807, 2.05) is 30.1 Å². The van der Waals surface area contributed by atoms with Gasteiger partial charge in [-0.2, -0.15) is 0 Å². The molecule has 0 spiro atoms. The van der Waals surface area contributed by atoms with Gasteiger partial charge in [-0.25, -0.2) is 0 Å². The molecule has 2 rings (SSSR count). The number of carbonyl (C=O) groups is 2. The van der Waals surface area contributed by atoms with E-state index in [1.165, 1.54) is 5.56 Å². The fraction of sp³-hybridized carbons (Fsp3) is 0.556. The number of amides is 2. The second kappa shape index (κ2) is 13.8. The number of rotatable bonds is 8. The average molecular weight is 405 g/mol. The van der Waals surface area contributed by atoms with Crippen molar-refractivity contribution in [2.45, 2.75) is 19.4 Å². The summed E-state index contributed by atoms with van der Waals surface area (Å²) in [5.74, 6) is -0.0439. The Labute approximate surface area is 168 Å². The minimum atomic E-state index is -0.0543. The zero-order chi connectivity index (χ0) is 17.2. The maximum atomic E-state index is 12.2. The summed E-state index contributed by atoms with van der Waals surface area (Å²) in [7, 11) is 1.86. The van der Waals surface area contributed by atoms with Crippen molar-refractivity contribution in [3.8, 4) is 0 Å². The zero-order valence-corrected chi connectivity index (χ0v) is 16.9. The molecule has 0 atom stereocenters. The molecule has 0 bridgehead atoms. The number of halogens is 2. The van der Waals surface area contributed by atoms with E-state index in [9.17, 15) is 9.59 Å². The summed E-state index contributed by atoms with van der Waals surface area (Å²) >= 11 is 0. The summed E-state index contributed by atoms with van der Waals surface area (Å²) in [5.41, 5.74) is 1.30. The first kappa shape index (κ1) is 24.7. The Morgan fingerprint density at radius 1 is 1.04 bits per heavy atom. The summed E-state index contributed by atoms with van der Waals surface area (Å²) < 4.78 is 0. The molecule has 1 aromatic rings. The molecule has 0 unspecified atom stereocenters. The van der Waals surface area contributed by atoms with Crippen LogP contribution in [0.15, 0.2) is 30.3 Å². The van der Waals surface area contributed by atoms with Gasteiger partial charge in [0, 0.05) is 39.1 Å². The van der Waals surface area contributed by atoms with Crippen LogP contribution in [-0.4, -0.2) is 67.9 Å². The van der Waals surface area contributed by atoms with Crippen LogP contribution >= 0.6 is 24.8 Å². The predicted octanol–water partition coefficient (Wildman–Crippen LogP) is 1.29. The lowest BCUT2D eigenvalue weighted by Gasteiger charge is -2.34. The second-order valence-corrected chi connectivity index (χ2v) is 6.13. The van der Waals surface area contributed by atoms with Crippen molar-refractivity contribution in [2.75, 3.05) is 46.3 Å². The first-order chi connectivity index (χ1) is 11.7. The molecule has 1 aliphatic rings. The van der Waals surface area contributed by atoms with Crippen LogP contribution in [0.5, 0.6) is 0 Å². The lowest BCUT2D eigenvalue weighted by molar-refractivity contribution is -0.134. The molecule has 0 aromatic heterocycles. The van der Waals surface area contributed by atoms with Gasteiger partial charge in [0.15, 0.2) is 0 Å². The summed E-state index contributed by atoms with van der Waals surface area (Å²) in [6.45, 7) is 5.03. The fourth-order valence-electron chi connectivity index (χ4n) is 2.80. The van der Waals surface area contributed by atoms with Crippen molar-refractivity contribution in [3.05, 3.63) is 35.9 Å². The standard InChI is InChI=1S/C18H28N4O2.2ClH/c1-19-9-5-8-17(23)20-14-18(24)22-12-10-21(11-13-22)15-16-6-3-2-4-7-16;;/h2-4,6-7,19H,5,8-15H2,1H3,(H,20,23);2*1H. The average Bonchev–Trinajstić information content (AvgIpc) is 2.61. The molecule has 1 fully saturated rings. The summed E-state index contributed by atoms with van der Waals surface area (Å²) in [6.07, 6.45) is 1.24. The highest BCUT2D eigenvalue weighted by atomic mass is 35.5. The Bertz CT molecular complexity index is 523. The Morgan fingerprint density at radius 2 is 1.69 bits per heavy atom. The van der Waals surface area contributed by atoms with E-state index >= 15 is 0 Å². The predicted molar refractivity (Wildman–Crippen MR) is 109 cm³/mol. The van der Waals surface area contributed by atoms with Crippen molar-refractivity contribution in [1.82, 2.24) is 20.4 Å². The van der Waals surface area contributed by atoms with Crippen molar-refractivity contribution in [2.24, 2.45) is 0 Å². The highest BCUT2D eigenvalue weighted by Crippen LogP contribution is 2.08. The summed E-state index contributed by atoms with van der Waals surface area (Å²) in [5, 5.41) is 5.72. The first-order valence-electron chi connectivity index (χ1n) is 8.64. The Morgan fingerprint density at radius 3 is 2.31 bits per heavy atom. The van der Waals surface area contributed by atoms with Gasteiger partial charge in [-0.15, -0.1) is 24.8 Å². The number of nitrogens with zero attached hydrogens (tertiary/aromatic N) is 2. The van der Waals surface area contributed by atoms with Gasteiger partial charge >= 0.3 is 0 Å². The van der Waals surface area contributed by atoms with Crippen LogP contribution in [0, 0.1) is 0 Å². The molecule has 6 nitrogen and oxygen atoms in total. The molecule has 148 valence electrons. The largest absolute Gasteiger partial charge is 0.347 e. The van der Waals surface area contributed by atoms with E-state index in [-0.39, 0.29) is 43.2 Å². The van der Waals surface area contributed by atoms with Gasteiger partial charge in [-0.3, -0.25) is 14.5 Å². The van der Waals surface area contributed by atoms with Gasteiger partial charge in [0.2, 0.25) is 11.8 Å². The van der Waals surface area contributed by atoms with Gasteiger partial charge in [-0.05, 0) is 25.6 Å². The summed E-state index contributed by atoms with van der Waals surface area (Å²) in [4.78, 5) is 28.0. The van der Waals surface area contributed by atoms with Crippen LogP contribution in [0.2, 0.25) is 0 Å². The smallest absolute Gasteiger partial charge is 0.242 e. The minimum absolute atomic E-state index is 0. The molecule has 2 N–H and O–H groups in total. The van der Waals surface area contributed by atoms with E-state index in [0.717, 1.165) is 45.7 Å². The number of benzene rings is 1. The first-order valence-corrected chi connectivity index (χ1v) is 8.64. The Kier molecular flexibility index (Phi) is 13.1. The normalized spacial score (nSPS) is 14.1. The molecule has 0 saturated carbocycles. The van der Waals surface area contributed by atoms with E-state index in [4.69, 9.17) is 0 Å². The van der Waals surface area contributed by atoms with Crippen LogP contribution < -0.4 is 10.6 Å². The third kappa shape index (κ3) is 8.85. The maximum absolute atomic E-state index is 12.2. The van der Waals surface area contributed by atoms with Crippen molar-refractivity contribution < 1.29 is 9.59 Å². The molecular formula is C18H30Cl2N4O2. The van der Waals surface area contributed by atoms with Gasteiger partial charge in [0.1, 0.15) is 0 Å². The maximum Gasteiger partial charge on any atom is 0.242 e. The van der Waals surface area contributed by atoms with E-state index in [0.29, 0.717) is 6.42 Å². The van der Waals surface area contributed by atoms with E-state index < -0.39 is 0 Å². The van der Waals surface area contributed by atoms with Gasteiger partial charge in [-0.1, -0.05) is 30.3 Å². The molecule has 0 radical (unpaired) electrons. The van der Waals surface area contributed by atoms with Crippen LogP contribution in [0.1, 0.15) is 18.4 Å². The van der Waals surface area contributed by atoms with Crippen molar-refractivity contribution in [3.63, 3.8) is 0 Å². The highest BCUT2D eigenvalue weighted by molar-refractivity contribution is 5.86. The number of carbonyl (C=O) groups excluding carboxylic acids is 2. The monoisotopic (exact) mass is 404 g/mol. The molecule has 1 aliphatic heterocycles. The Balaban J connectivity index is 0.00000312. The molecule has 2 amide bonds. The minimum Gasteiger partial charge on any atom is -0.347 e. The Hall–Kier alpha value is -1.34. The zero-order valence-electron chi connectivity index (χ0n) is 15.3. The number of nitrogens with one attached hydrogen (secondary N) is 2. The second-order valence-electron chi connectivity index (χ2n) is 6.13. The molecular weight excluding hydrogens is 375 g/mol. The third-order valence-electron chi connectivity index (χ3n) is 4.24. The fourth-order valence-corrected chi connectivity index (χ4v) is 2.80. The molecule has 1 saturated heterocycles. The molecule has 8 heteroatoms. The number of hydrogen-bond acceptors (Lipinski definition) is 4. The topological polar surface area (TPSA) is 64.7 Å². The lowest BCUT2D eigenvalue weighted by Crippen LogP contribution is -2.50. The van der Waals surface area contributed by atoms with Gasteiger partial charge in [0.25, 0.3) is 0 Å². The molecule has 1 heterocycles.